The third kappa shape index (κ3) is 2.79. The van der Waals surface area contributed by atoms with Crippen molar-refractivity contribution >= 4 is 6.29 Å². The summed E-state index contributed by atoms with van der Waals surface area (Å²) in [7, 11) is 0. The van der Waals surface area contributed by atoms with Crippen LogP contribution in [0.25, 0.3) is 11.1 Å². The highest BCUT2D eigenvalue weighted by Crippen LogP contribution is 2.30. The fourth-order valence-corrected chi connectivity index (χ4v) is 2.20. The summed E-state index contributed by atoms with van der Waals surface area (Å²) in [6.07, 6.45) is 1.75. The van der Waals surface area contributed by atoms with Crippen molar-refractivity contribution in [3.63, 3.8) is 0 Å². The van der Waals surface area contributed by atoms with Gasteiger partial charge in [-0.25, -0.2) is 4.39 Å². The largest absolute Gasteiger partial charge is 0.298 e. The second kappa shape index (κ2) is 5.58. The van der Waals surface area contributed by atoms with Crippen LogP contribution >= 0.6 is 0 Å². The summed E-state index contributed by atoms with van der Waals surface area (Å²) >= 11 is 0. The molecule has 0 aliphatic carbocycles. The SMILES string of the molecule is CCC(C)(C)c1ccc(-c2ccc(F)cc2C=O)cc1. The highest BCUT2D eigenvalue weighted by atomic mass is 19.1. The Morgan fingerprint density at radius 1 is 1.10 bits per heavy atom. The fourth-order valence-electron chi connectivity index (χ4n) is 2.20. The molecular weight excluding hydrogens is 251 g/mol. The summed E-state index contributed by atoms with van der Waals surface area (Å²) in [4.78, 5) is 11.1. The number of hydrogen-bond acceptors (Lipinski definition) is 1. The first-order valence-corrected chi connectivity index (χ1v) is 6.83. The molecule has 0 atom stereocenters. The normalized spacial score (nSPS) is 11.4. The van der Waals surface area contributed by atoms with E-state index in [1.807, 2.05) is 12.1 Å². The highest BCUT2D eigenvalue weighted by molar-refractivity contribution is 5.87. The third-order valence-corrected chi connectivity index (χ3v) is 4.00. The second-order valence-corrected chi connectivity index (χ2v) is 5.66. The van der Waals surface area contributed by atoms with E-state index >= 15 is 0 Å². The van der Waals surface area contributed by atoms with Gasteiger partial charge in [0.25, 0.3) is 0 Å². The minimum Gasteiger partial charge on any atom is -0.298 e. The van der Waals surface area contributed by atoms with Crippen molar-refractivity contribution in [2.45, 2.75) is 32.6 Å². The minimum absolute atomic E-state index is 0.134. The van der Waals surface area contributed by atoms with E-state index in [-0.39, 0.29) is 11.2 Å². The number of carbonyl (C=O) groups is 1. The lowest BCUT2D eigenvalue weighted by Gasteiger charge is -2.23. The van der Waals surface area contributed by atoms with Crippen LogP contribution in [0.3, 0.4) is 0 Å². The van der Waals surface area contributed by atoms with Gasteiger partial charge in [0.1, 0.15) is 5.82 Å². The van der Waals surface area contributed by atoms with E-state index in [4.69, 9.17) is 0 Å². The molecule has 104 valence electrons. The summed E-state index contributed by atoms with van der Waals surface area (Å²) in [5.41, 5.74) is 3.48. The Morgan fingerprint density at radius 2 is 1.75 bits per heavy atom. The number of carbonyl (C=O) groups excluding carboxylic acids is 1. The Bertz CT molecular complexity index is 612. The third-order valence-electron chi connectivity index (χ3n) is 4.00. The van der Waals surface area contributed by atoms with Gasteiger partial charge in [0.05, 0.1) is 0 Å². The van der Waals surface area contributed by atoms with Crippen LogP contribution in [0.5, 0.6) is 0 Å². The van der Waals surface area contributed by atoms with Gasteiger partial charge in [0.2, 0.25) is 0 Å². The molecule has 0 saturated heterocycles. The van der Waals surface area contributed by atoms with Crippen molar-refractivity contribution < 1.29 is 9.18 Å². The van der Waals surface area contributed by atoms with Crippen molar-refractivity contribution in [1.29, 1.82) is 0 Å². The Labute approximate surface area is 119 Å². The van der Waals surface area contributed by atoms with Gasteiger partial charge in [-0.2, -0.15) is 0 Å². The van der Waals surface area contributed by atoms with Gasteiger partial charge in [-0.1, -0.05) is 51.1 Å². The molecule has 20 heavy (non-hydrogen) atoms. The molecule has 0 aliphatic heterocycles. The van der Waals surface area contributed by atoms with Crippen LogP contribution in [0, 0.1) is 5.82 Å². The zero-order chi connectivity index (χ0) is 14.8. The summed E-state index contributed by atoms with van der Waals surface area (Å²) in [5, 5.41) is 0. The molecule has 2 aromatic rings. The molecule has 2 rings (SSSR count). The molecule has 0 spiro atoms. The Morgan fingerprint density at radius 3 is 2.30 bits per heavy atom. The number of rotatable bonds is 4. The average Bonchev–Trinajstić information content (AvgIpc) is 2.47. The summed E-state index contributed by atoms with van der Waals surface area (Å²) in [5.74, 6) is -0.389. The zero-order valence-corrected chi connectivity index (χ0v) is 12.1. The maximum Gasteiger partial charge on any atom is 0.150 e. The van der Waals surface area contributed by atoms with E-state index < -0.39 is 0 Å². The van der Waals surface area contributed by atoms with E-state index in [1.165, 1.54) is 17.7 Å². The summed E-state index contributed by atoms with van der Waals surface area (Å²) in [6.45, 7) is 6.58. The number of aldehydes is 1. The molecule has 0 bridgehead atoms. The van der Waals surface area contributed by atoms with Crippen molar-refractivity contribution in [2.75, 3.05) is 0 Å². The van der Waals surface area contributed by atoms with E-state index in [0.717, 1.165) is 17.5 Å². The Kier molecular flexibility index (Phi) is 4.03. The van der Waals surface area contributed by atoms with Crippen LogP contribution in [0.1, 0.15) is 43.1 Å². The van der Waals surface area contributed by atoms with Crippen molar-refractivity contribution in [1.82, 2.24) is 0 Å². The quantitative estimate of drug-likeness (QED) is 0.715. The predicted molar refractivity (Wildman–Crippen MR) is 80.5 cm³/mol. The van der Waals surface area contributed by atoms with Crippen LogP contribution < -0.4 is 0 Å². The molecule has 0 fully saturated rings. The topological polar surface area (TPSA) is 17.1 Å². The monoisotopic (exact) mass is 270 g/mol. The number of hydrogen-bond donors (Lipinski definition) is 0. The molecule has 0 aromatic heterocycles. The van der Waals surface area contributed by atoms with Crippen LogP contribution in [0.2, 0.25) is 0 Å². The molecule has 0 radical (unpaired) electrons. The van der Waals surface area contributed by atoms with Gasteiger partial charge in [0, 0.05) is 5.56 Å². The highest BCUT2D eigenvalue weighted by Gasteiger charge is 2.17. The fraction of sp³-hybridized carbons (Fsp3) is 0.278. The summed E-state index contributed by atoms with van der Waals surface area (Å²) in [6, 6.07) is 12.4. The van der Waals surface area contributed by atoms with Crippen LogP contribution in [-0.4, -0.2) is 6.29 Å². The lowest BCUT2D eigenvalue weighted by molar-refractivity contribution is 0.112. The maximum atomic E-state index is 13.2. The van der Waals surface area contributed by atoms with Crippen molar-refractivity contribution in [3.8, 4) is 11.1 Å². The molecule has 1 nitrogen and oxygen atoms in total. The van der Waals surface area contributed by atoms with E-state index in [0.29, 0.717) is 11.8 Å². The zero-order valence-electron chi connectivity index (χ0n) is 12.1. The van der Waals surface area contributed by atoms with Gasteiger partial charge in [-0.15, -0.1) is 0 Å². The minimum atomic E-state index is -0.389. The Hall–Kier alpha value is -1.96. The lowest BCUT2D eigenvalue weighted by atomic mass is 9.81. The van der Waals surface area contributed by atoms with E-state index in [9.17, 15) is 9.18 Å². The molecule has 0 heterocycles. The van der Waals surface area contributed by atoms with Crippen LogP contribution in [0.4, 0.5) is 4.39 Å². The molecule has 2 aromatic carbocycles. The van der Waals surface area contributed by atoms with E-state index in [2.05, 4.69) is 32.9 Å². The Balaban J connectivity index is 2.43. The molecule has 2 heteroatoms. The molecule has 0 amide bonds. The average molecular weight is 270 g/mol. The van der Waals surface area contributed by atoms with Crippen molar-refractivity contribution in [3.05, 3.63) is 59.4 Å². The first-order valence-electron chi connectivity index (χ1n) is 6.83. The molecule has 0 saturated carbocycles. The van der Waals surface area contributed by atoms with Crippen LogP contribution in [0.15, 0.2) is 42.5 Å². The first kappa shape index (κ1) is 14.4. The van der Waals surface area contributed by atoms with Gasteiger partial charge in [-0.3, -0.25) is 4.79 Å². The lowest BCUT2D eigenvalue weighted by Crippen LogP contribution is -2.14. The first-order chi connectivity index (χ1) is 9.47. The maximum absolute atomic E-state index is 13.2. The van der Waals surface area contributed by atoms with E-state index in [1.54, 1.807) is 6.07 Å². The standard InChI is InChI=1S/C18H19FO/c1-4-18(2,3)15-7-5-13(6-8-15)17-10-9-16(19)11-14(17)12-20/h5-12H,4H2,1-3H3. The van der Waals surface area contributed by atoms with Crippen LogP contribution in [-0.2, 0) is 5.41 Å². The van der Waals surface area contributed by atoms with Gasteiger partial charge < -0.3 is 0 Å². The summed E-state index contributed by atoms with van der Waals surface area (Å²) < 4.78 is 13.2. The molecule has 0 unspecified atom stereocenters. The second-order valence-electron chi connectivity index (χ2n) is 5.66. The number of halogens is 1. The molecule has 0 aliphatic rings. The van der Waals surface area contributed by atoms with Gasteiger partial charge >= 0.3 is 0 Å². The predicted octanol–water partition coefficient (Wildman–Crippen LogP) is 4.99. The van der Waals surface area contributed by atoms with Gasteiger partial charge in [-0.05, 0) is 40.7 Å². The molecule has 0 N–H and O–H groups in total. The smallest absolute Gasteiger partial charge is 0.150 e. The molecular formula is C18H19FO. The number of benzene rings is 2. The van der Waals surface area contributed by atoms with Gasteiger partial charge in [0.15, 0.2) is 6.29 Å². The van der Waals surface area contributed by atoms with Crippen molar-refractivity contribution in [2.24, 2.45) is 0 Å².